The van der Waals surface area contributed by atoms with Gasteiger partial charge < -0.3 is 4.98 Å². The summed E-state index contributed by atoms with van der Waals surface area (Å²) in [4.78, 5) is 7.56. The lowest BCUT2D eigenvalue weighted by atomic mass is 10.0. The Hall–Kier alpha value is -0.500. The molecule has 1 aromatic rings. The van der Waals surface area contributed by atoms with E-state index in [1.165, 1.54) is 25.7 Å². The van der Waals surface area contributed by atoms with Crippen molar-refractivity contribution in [2.75, 3.05) is 0 Å². The minimum absolute atomic E-state index is 0.539. The van der Waals surface area contributed by atoms with Crippen LogP contribution in [0.2, 0.25) is 0 Å². The molecule has 1 aromatic heterocycles. The molecule has 0 saturated heterocycles. The van der Waals surface area contributed by atoms with Crippen molar-refractivity contribution in [3.63, 3.8) is 0 Å². The highest BCUT2D eigenvalue weighted by atomic mass is 35.5. The average molecular weight is 199 g/mol. The SMILES string of the molecule is ClCc1cnc(CC2CCCC2)[nH]1. The van der Waals surface area contributed by atoms with E-state index in [2.05, 4.69) is 9.97 Å². The number of nitrogens with one attached hydrogen (secondary N) is 1. The van der Waals surface area contributed by atoms with Crippen LogP contribution in [0, 0.1) is 5.92 Å². The number of halogens is 1. The van der Waals surface area contributed by atoms with Gasteiger partial charge in [-0.05, 0) is 5.92 Å². The summed E-state index contributed by atoms with van der Waals surface area (Å²) in [5.74, 6) is 2.51. The van der Waals surface area contributed by atoms with Gasteiger partial charge in [-0.1, -0.05) is 25.7 Å². The first kappa shape index (κ1) is 9.07. The molecule has 3 heteroatoms. The molecule has 0 unspecified atom stereocenters. The largest absolute Gasteiger partial charge is 0.345 e. The lowest BCUT2D eigenvalue weighted by Crippen LogP contribution is -2.00. The van der Waals surface area contributed by atoms with E-state index in [4.69, 9.17) is 11.6 Å². The summed E-state index contributed by atoms with van der Waals surface area (Å²) in [5.41, 5.74) is 1.04. The molecule has 0 atom stereocenters. The lowest BCUT2D eigenvalue weighted by Gasteiger charge is -2.04. The summed E-state index contributed by atoms with van der Waals surface area (Å²) in [7, 11) is 0. The van der Waals surface area contributed by atoms with Gasteiger partial charge in [0.15, 0.2) is 0 Å². The summed E-state index contributed by atoms with van der Waals surface area (Å²) in [6.45, 7) is 0. The first-order valence-corrected chi connectivity index (χ1v) is 5.50. The molecule has 1 aliphatic carbocycles. The number of H-pyrrole nitrogens is 1. The molecule has 2 nitrogen and oxygen atoms in total. The average Bonchev–Trinajstić information content (AvgIpc) is 2.76. The topological polar surface area (TPSA) is 28.7 Å². The van der Waals surface area contributed by atoms with Gasteiger partial charge >= 0.3 is 0 Å². The van der Waals surface area contributed by atoms with E-state index in [1.807, 2.05) is 6.20 Å². The fourth-order valence-corrected chi connectivity index (χ4v) is 2.20. The highest BCUT2D eigenvalue weighted by Crippen LogP contribution is 2.27. The highest BCUT2D eigenvalue weighted by Gasteiger charge is 2.16. The van der Waals surface area contributed by atoms with Crippen LogP contribution in [0.1, 0.15) is 37.2 Å². The van der Waals surface area contributed by atoms with E-state index in [1.54, 1.807) is 0 Å². The number of nitrogens with zero attached hydrogens (tertiary/aromatic N) is 1. The molecule has 0 aliphatic heterocycles. The van der Waals surface area contributed by atoms with E-state index in [9.17, 15) is 0 Å². The van der Waals surface area contributed by atoms with Crippen LogP contribution in [-0.2, 0) is 12.3 Å². The Labute approximate surface area is 83.7 Å². The van der Waals surface area contributed by atoms with Crippen molar-refractivity contribution >= 4 is 11.6 Å². The van der Waals surface area contributed by atoms with Crippen molar-refractivity contribution in [3.05, 3.63) is 17.7 Å². The molecule has 0 bridgehead atoms. The van der Waals surface area contributed by atoms with Gasteiger partial charge in [-0.15, -0.1) is 11.6 Å². The van der Waals surface area contributed by atoms with Crippen LogP contribution in [0.25, 0.3) is 0 Å². The molecule has 2 rings (SSSR count). The molecule has 72 valence electrons. The molecular weight excluding hydrogens is 184 g/mol. The molecular formula is C10H15ClN2. The Balaban J connectivity index is 1.92. The van der Waals surface area contributed by atoms with E-state index < -0.39 is 0 Å². The second kappa shape index (κ2) is 4.14. The second-order valence-electron chi connectivity index (χ2n) is 3.84. The van der Waals surface area contributed by atoms with Crippen LogP contribution in [0.15, 0.2) is 6.20 Å². The number of hydrogen-bond donors (Lipinski definition) is 1. The predicted octanol–water partition coefficient (Wildman–Crippen LogP) is 2.88. The maximum Gasteiger partial charge on any atom is 0.106 e. The molecule has 1 N–H and O–H groups in total. The number of alkyl halides is 1. The van der Waals surface area contributed by atoms with Crippen molar-refractivity contribution in [2.24, 2.45) is 5.92 Å². The quantitative estimate of drug-likeness (QED) is 0.744. The summed E-state index contributed by atoms with van der Waals surface area (Å²) in [6.07, 6.45) is 8.49. The molecule has 1 heterocycles. The second-order valence-corrected chi connectivity index (χ2v) is 4.11. The van der Waals surface area contributed by atoms with Gasteiger partial charge in [-0.25, -0.2) is 4.98 Å². The van der Waals surface area contributed by atoms with Crippen molar-refractivity contribution in [3.8, 4) is 0 Å². The van der Waals surface area contributed by atoms with E-state index >= 15 is 0 Å². The number of rotatable bonds is 3. The maximum absolute atomic E-state index is 5.69. The van der Waals surface area contributed by atoms with Gasteiger partial charge in [0.1, 0.15) is 5.82 Å². The molecule has 0 aromatic carbocycles. The van der Waals surface area contributed by atoms with Crippen molar-refractivity contribution in [2.45, 2.75) is 38.0 Å². The maximum atomic E-state index is 5.69. The van der Waals surface area contributed by atoms with E-state index in [-0.39, 0.29) is 0 Å². The van der Waals surface area contributed by atoms with Crippen LogP contribution in [0.3, 0.4) is 0 Å². The van der Waals surface area contributed by atoms with Gasteiger partial charge in [0.05, 0.1) is 5.88 Å². The van der Waals surface area contributed by atoms with Crippen LogP contribution in [0.4, 0.5) is 0 Å². The molecule has 0 spiro atoms. The molecule has 13 heavy (non-hydrogen) atoms. The smallest absolute Gasteiger partial charge is 0.106 e. The first-order valence-electron chi connectivity index (χ1n) is 4.97. The number of hydrogen-bond acceptors (Lipinski definition) is 1. The van der Waals surface area contributed by atoms with Crippen LogP contribution in [-0.4, -0.2) is 9.97 Å². The Bertz CT molecular complexity index is 264. The molecule has 1 saturated carbocycles. The van der Waals surface area contributed by atoms with Gasteiger partial charge in [0, 0.05) is 18.3 Å². The minimum atomic E-state index is 0.539. The third-order valence-corrected chi connectivity index (χ3v) is 3.07. The molecule has 1 aliphatic rings. The summed E-state index contributed by atoms with van der Waals surface area (Å²) in [5, 5.41) is 0. The highest BCUT2D eigenvalue weighted by molar-refractivity contribution is 6.16. The zero-order valence-corrected chi connectivity index (χ0v) is 8.48. The van der Waals surface area contributed by atoms with Gasteiger partial charge in [-0.2, -0.15) is 0 Å². The number of aromatic amines is 1. The zero-order valence-electron chi connectivity index (χ0n) is 7.72. The number of imidazole rings is 1. The summed E-state index contributed by atoms with van der Waals surface area (Å²) in [6, 6.07) is 0. The normalized spacial score (nSPS) is 18.2. The summed E-state index contributed by atoms with van der Waals surface area (Å²) >= 11 is 5.69. The third kappa shape index (κ3) is 2.25. The van der Waals surface area contributed by atoms with Crippen molar-refractivity contribution in [1.82, 2.24) is 9.97 Å². The van der Waals surface area contributed by atoms with Gasteiger partial charge in [0.25, 0.3) is 0 Å². The fraction of sp³-hybridized carbons (Fsp3) is 0.700. The van der Waals surface area contributed by atoms with Crippen LogP contribution >= 0.6 is 11.6 Å². The summed E-state index contributed by atoms with van der Waals surface area (Å²) < 4.78 is 0. The Morgan fingerprint density at radius 1 is 1.46 bits per heavy atom. The predicted molar refractivity (Wildman–Crippen MR) is 53.8 cm³/mol. The lowest BCUT2D eigenvalue weighted by molar-refractivity contribution is 0.533. The van der Waals surface area contributed by atoms with E-state index in [0.717, 1.165) is 23.9 Å². The molecule has 0 radical (unpaired) electrons. The number of aromatic nitrogens is 2. The monoisotopic (exact) mass is 198 g/mol. The van der Waals surface area contributed by atoms with E-state index in [0.29, 0.717) is 5.88 Å². The third-order valence-electron chi connectivity index (χ3n) is 2.78. The Morgan fingerprint density at radius 2 is 2.23 bits per heavy atom. The Kier molecular flexibility index (Phi) is 2.89. The first-order chi connectivity index (χ1) is 6.38. The van der Waals surface area contributed by atoms with Gasteiger partial charge in [-0.3, -0.25) is 0 Å². The molecule has 0 amide bonds. The Morgan fingerprint density at radius 3 is 2.85 bits per heavy atom. The molecule has 1 fully saturated rings. The van der Waals surface area contributed by atoms with Crippen molar-refractivity contribution in [1.29, 1.82) is 0 Å². The standard InChI is InChI=1S/C10H15ClN2/c11-6-9-7-12-10(13-9)5-8-3-1-2-4-8/h7-8H,1-6H2,(H,12,13). The fourth-order valence-electron chi connectivity index (χ4n) is 2.07. The zero-order chi connectivity index (χ0) is 9.10. The van der Waals surface area contributed by atoms with Crippen LogP contribution in [0.5, 0.6) is 0 Å². The van der Waals surface area contributed by atoms with Crippen LogP contribution < -0.4 is 0 Å². The van der Waals surface area contributed by atoms with Gasteiger partial charge in [0.2, 0.25) is 0 Å². The van der Waals surface area contributed by atoms with Crippen molar-refractivity contribution < 1.29 is 0 Å². The minimum Gasteiger partial charge on any atom is -0.345 e.